The van der Waals surface area contributed by atoms with Crippen LogP contribution in [0.3, 0.4) is 0 Å². The summed E-state index contributed by atoms with van der Waals surface area (Å²) in [4.78, 5) is 34.9. The van der Waals surface area contributed by atoms with Crippen molar-refractivity contribution in [2.45, 2.75) is 20.8 Å². The van der Waals surface area contributed by atoms with Gasteiger partial charge in [-0.1, -0.05) is 20.8 Å². The van der Waals surface area contributed by atoms with Gasteiger partial charge in [0.05, 0.1) is 6.54 Å². The molecule has 0 atom stereocenters. The van der Waals surface area contributed by atoms with Gasteiger partial charge in [0.1, 0.15) is 0 Å². The Labute approximate surface area is 94.4 Å². The van der Waals surface area contributed by atoms with Gasteiger partial charge in [0.25, 0.3) is 0 Å². The standard InChI is InChI=1S/C10H17N3O3/c1-10(2,3)8(15)11-4-5-13-7(14)6-12-9(13)16/h4-6H2,1-3H3,(H,11,15)(H,12,16). The molecule has 1 aliphatic heterocycles. The molecule has 0 aromatic carbocycles. The van der Waals surface area contributed by atoms with Gasteiger partial charge < -0.3 is 10.6 Å². The van der Waals surface area contributed by atoms with E-state index in [1.54, 1.807) is 20.8 Å². The third kappa shape index (κ3) is 2.95. The Kier molecular flexibility index (Phi) is 3.51. The summed E-state index contributed by atoms with van der Waals surface area (Å²) >= 11 is 0. The van der Waals surface area contributed by atoms with Crippen LogP contribution >= 0.6 is 0 Å². The molecule has 1 heterocycles. The van der Waals surface area contributed by atoms with E-state index < -0.39 is 11.4 Å². The molecule has 90 valence electrons. The molecule has 0 saturated carbocycles. The quantitative estimate of drug-likeness (QED) is 0.650. The largest absolute Gasteiger partial charge is 0.354 e. The summed E-state index contributed by atoms with van der Waals surface area (Å²) in [6.07, 6.45) is 0. The predicted octanol–water partition coefficient (Wildman–Crippen LogP) is -0.299. The van der Waals surface area contributed by atoms with Crippen LogP contribution in [-0.4, -0.2) is 42.4 Å². The average molecular weight is 227 g/mol. The van der Waals surface area contributed by atoms with Crippen molar-refractivity contribution in [1.29, 1.82) is 0 Å². The maximum atomic E-state index is 11.5. The first-order valence-corrected chi connectivity index (χ1v) is 5.19. The van der Waals surface area contributed by atoms with Crippen molar-refractivity contribution in [3.05, 3.63) is 0 Å². The third-order valence-corrected chi connectivity index (χ3v) is 2.24. The molecule has 1 fully saturated rings. The van der Waals surface area contributed by atoms with E-state index in [1.807, 2.05) is 0 Å². The number of hydrogen-bond acceptors (Lipinski definition) is 3. The first-order valence-electron chi connectivity index (χ1n) is 5.19. The van der Waals surface area contributed by atoms with Crippen LogP contribution in [0.2, 0.25) is 0 Å². The van der Waals surface area contributed by atoms with Crippen LogP contribution in [0.15, 0.2) is 0 Å². The second-order valence-corrected chi connectivity index (χ2v) is 4.71. The summed E-state index contributed by atoms with van der Waals surface area (Å²) in [7, 11) is 0. The molecule has 1 aliphatic rings. The molecule has 0 aliphatic carbocycles. The number of carbonyl (C=O) groups excluding carboxylic acids is 3. The third-order valence-electron chi connectivity index (χ3n) is 2.24. The molecule has 0 unspecified atom stereocenters. The summed E-state index contributed by atoms with van der Waals surface area (Å²) in [6.45, 7) is 5.95. The minimum absolute atomic E-state index is 0.0477. The normalized spacial score (nSPS) is 16.3. The van der Waals surface area contributed by atoms with Crippen molar-refractivity contribution in [1.82, 2.24) is 15.5 Å². The lowest BCUT2D eigenvalue weighted by molar-refractivity contribution is -0.129. The topological polar surface area (TPSA) is 78.5 Å². The molecule has 1 saturated heterocycles. The molecule has 2 N–H and O–H groups in total. The number of carbonyl (C=O) groups is 3. The van der Waals surface area contributed by atoms with Crippen LogP contribution in [0.4, 0.5) is 4.79 Å². The highest BCUT2D eigenvalue weighted by Crippen LogP contribution is 2.12. The van der Waals surface area contributed by atoms with E-state index in [-0.39, 0.29) is 31.4 Å². The van der Waals surface area contributed by atoms with E-state index in [0.29, 0.717) is 0 Å². The van der Waals surface area contributed by atoms with Crippen molar-refractivity contribution in [2.75, 3.05) is 19.6 Å². The number of nitrogens with zero attached hydrogens (tertiary/aromatic N) is 1. The molecular formula is C10H17N3O3. The van der Waals surface area contributed by atoms with Crippen molar-refractivity contribution in [3.63, 3.8) is 0 Å². The Hall–Kier alpha value is -1.59. The van der Waals surface area contributed by atoms with Gasteiger partial charge in [-0.15, -0.1) is 0 Å². The molecule has 0 radical (unpaired) electrons. The summed E-state index contributed by atoms with van der Waals surface area (Å²) in [6, 6.07) is -0.394. The molecule has 1 rings (SSSR count). The van der Waals surface area contributed by atoms with E-state index in [0.717, 1.165) is 4.90 Å². The van der Waals surface area contributed by atoms with E-state index in [9.17, 15) is 14.4 Å². The van der Waals surface area contributed by atoms with Gasteiger partial charge in [0.2, 0.25) is 11.8 Å². The maximum Gasteiger partial charge on any atom is 0.324 e. The molecule has 4 amide bonds. The lowest BCUT2D eigenvalue weighted by Crippen LogP contribution is -2.42. The number of hydrogen-bond donors (Lipinski definition) is 2. The van der Waals surface area contributed by atoms with Gasteiger partial charge in [-0.05, 0) is 0 Å². The summed E-state index contributed by atoms with van der Waals surface area (Å²) in [5.41, 5.74) is -0.461. The van der Waals surface area contributed by atoms with E-state index in [2.05, 4.69) is 10.6 Å². The fourth-order valence-electron chi connectivity index (χ4n) is 1.23. The number of nitrogens with one attached hydrogen (secondary N) is 2. The number of rotatable bonds is 3. The number of urea groups is 1. The molecule has 0 aromatic rings. The van der Waals surface area contributed by atoms with Gasteiger partial charge in [-0.2, -0.15) is 0 Å². The highest BCUT2D eigenvalue weighted by atomic mass is 16.2. The van der Waals surface area contributed by atoms with Crippen LogP contribution in [-0.2, 0) is 9.59 Å². The lowest BCUT2D eigenvalue weighted by atomic mass is 9.96. The van der Waals surface area contributed by atoms with Crippen LogP contribution in [0.25, 0.3) is 0 Å². The van der Waals surface area contributed by atoms with Crippen LogP contribution in [0.5, 0.6) is 0 Å². The fraction of sp³-hybridized carbons (Fsp3) is 0.700. The van der Waals surface area contributed by atoms with Gasteiger partial charge in [-0.3, -0.25) is 14.5 Å². The van der Waals surface area contributed by atoms with E-state index >= 15 is 0 Å². The number of imide groups is 1. The zero-order valence-corrected chi connectivity index (χ0v) is 9.79. The minimum Gasteiger partial charge on any atom is -0.354 e. The van der Waals surface area contributed by atoms with Crippen molar-refractivity contribution >= 4 is 17.8 Å². The molecule has 6 heteroatoms. The Morgan fingerprint density at radius 1 is 1.44 bits per heavy atom. The maximum absolute atomic E-state index is 11.5. The number of amides is 4. The molecule has 0 spiro atoms. The highest BCUT2D eigenvalue weighted by Gasteiger charge is 2.28. The van der Waals surface area contributed by atoms with Gasteiger partial charge >= 0.3 is 6.03 Å². The SMILES string of the molecule is CC(C)(C)C(=O)NCCN1C(=O)CNC1=O. The van der Waals surface area contributed by atoms with Crippen LogP contribution in [0.1, 0.15) is 20.8 Å². The monoisotopic (exact) mass is 227 g/mol. The Morgan fingerprint density at radius 3 is 2.50 bits per heavy atom. The zero-order valence-electron chi connectivity index (χ0n) is 9.79. The Balaban J connectivity index is 2.33. The lowest BCUT2D eigenvalue weighted by Gasteiger charge is -2.19. The molecule has 0 aromatic heterocycles. The molecule has 0 bridgehead atoms. The van der Waals surface area contributed by atoms with Gasteiger partial charge in [0, 0.05) is 18.5 Å². The van der Waals surface area contributed by atoms with E-state index in [4.69, 9.17) is 0 Å². The zero-order chi connectivity index (χ0) is 12.3. The van der Waals surface area contributed by atoms with Gasteiger partial charge in [-0.25, -0.2) is 4.79 Å². The van der Waals surface area contributed by atoms with Crippen LogP contribution < -0.4 is 10.6 Å². The van der Waals surface area contributed by atoms with Crippen molar-refractivity contribution in [3.8, 4) is 0 Å². The van der Waals surface area contributed by atoms with Crippen molar-refractivity contribution < 1.29 is 14.4 Å². The molecular weight excluding hydrogens is 210 g/mol. The summed E-state index contributed by atoms with van der Waals surface area (Å²) in [5.74, 6) is -0.352. The molecule has 16 heavy (non-hydrogen) atoms. The second kappa shape index (κ2) is 4.51. The van der Waals surface area contributed by atoms with Crippen molar-refractivity contribution in [2.24, 2.45) is 5.41 Å². The Bertz CT molecular complexity index is 304. The summed E-state index contributed by atoms with van der Waals surface area (Å²) < 4.78 is 0. The minimum atomic E-state index is -0.461. The first-order chi connectivity index (χ1) is 7.32. The smallest absolute Gasteiger partial charge is 0.324 e. The van der Waals surface area contributed by atoms with Gasteiger partial charge in [0.15, 0.2) is 0 Å². The fourth-order valence-corrected chi connectivity index (χ4v) is 1.23. The average Bonchev–Trinajstić information content (AvgIpc) is 2.47. The summed E-state index contributed by atoms with van der Waals surface area (Å²) in [5, 5.41) is 5.09. The highest BCUT2D eigenvalue weighted by molar-refractivity contribution is 6.01. The Morgan fingerprint density at radius 2 is 2.06 bits per heavy atom. The van der Waals surface area contributed by atoms with Crippen LogP contribution in [0, 0.1) is 5.41 Å². The predicted molar refractivity (Wildman–Crippen MR) is 57.6 cm³/mol. The first kappa shape index (κ1) is 12.5. The second-order valence-electron chi connectivity index (χ2n) is 4.71. The molecule has 6 nitrogen and oxygen atoms in total. The van der Waals surface area contributed by atoms with E-state index in [1.165, 1.54) is 0 Å².